The van der Waals surface area contributed by atoms with Crippen LogP contribution in [0.15, 0.2) is 29.3 Å². The summed E-state index contributed by atoms with van der Waals surface area (Å²) >= 11 is 0. The molecule has 0 saturated carbocycles. The van der Waals surface area contributed by atoms with Crippen molar-refractivity contribution in [1.29, 1.82) is 0 Å². The molecule has 1 aromatic carbocycles. The van der Waals surface area contributed by atoms with Crippen LogP contribution in [0.25, 0.3) is 0 Å². The first kappa shape index (κ1) is 24.5. The maximum absolute atomic E-state index is 11.9. The summed E-state index contributed by atoms with van der Waals surface area (Å²) in [5, 5.41) is 3.34. The van der Waals surface area contributed by atoms with E-state index < -0.39 is 0 Å². The highest BCUT2D eigenvalue weighted by Crippen LogP contribution is 2.24. The fourth-order valence-corrected chi connectivity index (χ4v) is 3.25. The van der Waals surface area contributed by atoms with E-state index in [2.05, 4.69) is 43.1 Å². The molecule has 0 aromatic heterocycles. The zero-order chi connectivity index (χ0) is 19.6. The normalized spacial score (nSPS) is 19.1. The molecule has 2 rings (SSSR count). The van der Waals surface area contributed by atoms with Gasteiger partial charge in [-0.2, -0.15) is 0 Å². The summed E-state index contributed by atoms with van der Waals surface area (Å²) in [6.07, 6.45) is 1.92. The Hall–Kier alpha value is -1.51. The van der Waals surface area contributed by atoms with Crippen LogP contribution in [0, 0.1) is 18.8 Å². The molecule has 0 radical (unpaired) electrons. The molecular formula is C21H34IN3O3. The van der Waals surface area contributed by atoms with E-state index in [1.165, 1.54) is 12.7 Å². The molecule has 1 aliphatic heterocycles. The van der Waals surface area contributed by atoms with Gasteiger partial charge < -0.3 is 19.7 Å². The number of esters is 1. The van der Waals surface area contributed by atoms with Gasteiger partial charge in [-0.15, -0.1) is 24.0 Å². The first-order valence-corrected chi connectivity index (χ1v) is 9.85. The van der Waals surface area contributed by atoms with E-state index in [4.69, 9.17) is 14.5 Å². The third kappa shape index (κ3) is 7.48. The zero-order valence-corrected chi connectivity index (χ0v) is 19.8. The van der Waals surface area contributed by atoms with Crippen LogP contribution < -0.4 is 10.1 Å². The molecule has 0 bridgehead atoms. The number of hydrogen-bond donors (Lipinski definition) is 1. The Labute approximate surface area is 186 Å². The van der Waals surface area contributed by atoms with Gasteiger partial charge in [-0.05, 0) is 44.7 Å². The third-order valence-corrected chi connectivity index (χ3v) is 4.85. The number of carbonyl (C=O) groups is 1. The maximum Gasteiger partial charge on any atom is 0.310 e. The number of ether oxygens (including phenoxy) is 2. The second-order valence-corrected chi connectivity index (χ2v) is 7.12. The predicted molar refractivity (Wildman–Crippen MR) is 124 cm³/mol. The Kier molecular flexibility index (Phi) is 11.3. The standard InChI is InChI=1S/C21H33N3O3.HI/c1-5-22-21(24-14-17(3)19(15-24)20(25)26-4)23-12-6-7-13-27-18-10-8-16(2)9-11-18;/h8-11,17,19H,5-7,12-15H2,1-4H3,(H,22,23);1H. The van der Waals surface area contributed by atoms with Crippen LogP contribution in [0.3, 0.4) is 0 Å². The predicted octanol–water partition coefficient (Wildman–Crippen LogP) is 3.48. The Morgan fingerprint density at radius 3 is 2.61 bits per heavy atom. The van der Waals surface area contributed by atoms with Crippen molar-refractivity contribution in [2.24, 2.45) is 16.8 Å². The number of nitrogens with one attached hydrogen (secondary N) is 1. The summed E-state index contributed by atoms with van der Waals surface area (Å²) in [7, 11) is 1.45. The van der Waals surface area contributed by atoms with Gasteiger partial charge in [0.05, 0.1) is 19.6 Å². The Balaban J connectivity index is 0.00000392. The Morgan fingerprint density at radius 2 is 1.96 bits per heavy atom. The highest BCUT2D eigenvalue weighted by molar-refractivity contribution is 14.0. The summed E-state index contributed by atoms with van der Waals surface area (Å²) < 4.78 is 10.7. The molecule has 1 fully saturated rings. The molecule has 6 nitrogen and oxygen atoms in total. The summed E-state index contributed by atoms with van der Waals surface area (Å²) in [5.41, 5.74) is 1.23. The van der Waals surface area contributed by atoms with Gasteiger partial charge in [0.2, 0.25) is 0 Å². The van der Waals surface area contributed by atoms with Gasteiger partial charge in [-0.25, -0.2) is 0 Å². The molecule has 0 amide bonds. The average molecular weight is 503 g/mol. The average Bonchev–Trinajstić information content (AvgIpc) is 3.06. The van der Waals surface area contributed by atoms with Crippen molar-refractivity contribution in [3.63, 3.8) is 0 Å². The number of halogens is 1. The molecular weight excluding hydrogens is 469 g/mol. The van der Waals surface area contributed by atoms with Gasteiger partial charge in [-0.3, -0.25) is 9.79 Å². The number of hydrogen-bond acceptors (Lipinski definition) is 4. The lowest BCUT2D eigenvalue weighted by Gasteiger charge is -2.21. The fraction of sp³-hybridized carbons (Fsp3) is 0.619. The summed E-state index contributed by atoms with van der Waals surface area (Å²) in [6.45, 7) is 9.95. The number of unbranched alkanes of at least 4 members (excludes halogenated alkanes) is 1. The molecule has 0 spiro atoms. The Bertz CT molecular complexity index is 622. The van der Waals surface area contributed by atoms with E-state index >= 15 is 0 Å². The van der Waals surface area contributed by atoms with Crippen LogP contribution in [0.1, 0.15) is 32.3 Å². The number of carbonyl (C=O) groups excluding carboxylic acids is 1. The van der Waals surface area contributed by atoms with E-state index in [9.17, 15) is 4.79 Å². The van der Waals surface area contributed by atoms with Gasteiger partial charge in [0.15, 0.2) is 5.96 Å². The smallest absolute Gasteiger partial charge is 0.310 e. The van der Waals surface area contributed by atoms with Gasteiger partial charge in [-0.1, -0.05) is 24.6 Å². The highest BCUT2D eigenvalue weighted by Gasteiger charge is 2.36. The molecule has 7 heteroatoms. The fourth-order valence-electron chi connectivity index (χ4n) is 3.25. The van der Waals surface area contributed by atoms with E-state index in [1.54, 1.807) is 0 Å². The van der Waals surface area contributed by atoms with Gasteiger partial charge >= 0.3 is 5.97 Å². The summed E-state index contributed by atoms with van der Waals surface area (Å²) in [4.78, 5) is 18.8. The minimum Gasteiger partial charge on any atom is -0.494 e. The number of guanidine groups is 1. The third-order valence-electron chi connectivity index (χ3n) is 4.85. The Morgan fingerprint density at radius 1 is 1.25 bits per heavy atom. The largest absolute Gasteiger partial charge is 0.494 e. The van der Waals surface area contributed by atoms with Crippen LogP contribution >= 0.6 is 24.0 Å². The molecule has 158 valence electrons. The number of benzene rings is 1. The number of aryl methyl sites for hydroxylation is 1. The molecule has 2 unspecified atom stereocenters. The number of nitrogens with zero attached hydrogens (tertiary/aromatic N) is 2. The van der Waals surface area contributed by atoms with Crippen molar-refractivity contribution in [2.75, 3.05) is 39.9 Å². The lowest BCUT2D eigenvalue weighted by Crippen LogP contribution is -2.40. The zero-order valence-electron chi connectivity index (χ0n) is 17.4. The quantitative estimate of drug-likeness (QED) is 0.194. The van der Waals surface area contributed by atoms with Crippen LogP contribution in [0.5, 0.6) is 5.75 Å². The number of rotatable bonds is 8. The summed E-state index contributed by atoms with van der Waals surface area (Å²) in [6, 6.07) is 8.12. The van der Waals surface area contributed by atoms with Gasteiger partial charge in [0.25, 0.3) is 0 Å². The molecule has 1 N–H and O–H groups in total. The van der Waals surface area contributed by atoms with E-state index in [0.29, 0.717) is 13.2 Å². The molecule has 28 heavy (non-hydrogen) atoms. The molecule has 1 saturated heterocycles. The molecule has 2 atom stereocenters. The molecule has 1 aliphatic rings. The van der Waals surface area contributed by atoms with Crippen LogP contribution in [-0.2, 0) is 9.53 Å². The van der Waals surface area contributed by atoms with E-state index in [1.807, 2.05) is 12.1 Å². The SMILES string of the molecule is CCNC(=NCCCCOc1ccc(C)cc1)N1CC(C)C(C(=O)OC)C1.I. The van der Waals surface area contributed by atoms with E-state index in [0.717, 1.165) is 44.2 Å². The second kappa shape index (κ2) is 12.9. The van der Waals surface area contributed by atoms with Crippen LogP contribution in [-0.4, -0.2) is 56.7 Å². The summed E-state index contributed by atoms with van der Waals surface area (Å²) in [5.74, 6) is 1.85. The van der Waals surface area contributed by atoms with Crippen molar-refractivity contribution in [2.45, 2.75) is 33.6 Å². The van der Waals surface area contributed by atoms with Gasteiger partial charge in [0.1, 0.15) is 5.75 Å². The maximum atomic E-state index is 11.9. The monoisotopic (exact) mass is 503 g/mol. The van der Waals surface area contributed by atoms with Crippen molar-refractivity contribution >= 4 is 35.9 Å². The van der Waals surface area contributed by atoms with Crippen molar-refractivity contribution < 1.29 is 14.3 Å². The minimum absolute atomic E-state index is 0. The topological polar surface area (TPSA) is 63.2 Å². The lowest BCUT2D eigenvalue weighted by atomic mass is 9.99. The van der Waals surface area contributed by atoms with E-state index in [-0.39, 0.29) is 41.8 Å². The lowest BCUT2D eigenvalue weighted by molar-refractivity contribution is -0.145. The first-order valence-electron chi connectivity index (χ1n) is 9.85. The van der Waals surface area contributed by atoms with Crippen LogP contribution in [0.2, 0.25) is 0 Å². The molecule has 0 aliphatic carbocycles. The minimum atomic E-state index is -0.130. The first-order chi connectivity index (χ1) is 13.0. The van der Waals surface area contributed by atoms with Crippen molar-refractivity contribution in [1.82, 2.24) is 10.2 Å². The number of methoxy groups -OCH3 is 1. The second-order valence-electron chi connectivity index (χ2n) is 7.12. The molecule has 1 heterocycles. The van der Waals surface area contributed by atoms with Crippen LogP contribution in [0.4, 0.5) is 0 Å². The highest BCUT2D eigenvalue weighted by atomic mass is 127. The van der Waals surface area contributed by atoms with Gasteiger partial charge in [0, 0.05) is 26.2 Å². The van der Waals surface area contributed by atoms with Crippen molar-refractivity contribution in [3.8, 4) is 5.75 Å². The number of aliphatic imine (C=N–C) groups is 1. The number of likely N-dealkylation sites (tertiary alicyclic amines) is 1. The molecule has 1 aromatic rings. The van der Waals surface area contributed by atoms with Crippen molar-refractivity contribution in [3.05, 3.63) is 29.8 Å².